The van der Waals surface area contributed by atoms with Crippen LogP contribution in [0.3, 0.4) is 0 Å². The Hall–Kier alpha value is -2.27. The molecule has 1 aromatic heterocycles. The van der Waals surface area contributed by atoms with Crippen molar-refractivity contribution in [3.05, 3.63) is 48.7 Å². The molecule has 1 saturated heterocycles. The second-order valence-corrected chi connectivity index (χ2v) is 9.87. The summed E-state index contributed by atoms with van der Waals surface area (Å²) < 4.78 is 13.9. The SMILES string of the molecule is C=CC(C)(C)n1cc(C[C@H]2COC(C)(C)N2C(=O)OC(C)(C)C)c2ccccc21. The molecule has 0 bridgehead atoms. The van der Waals surface area contributed by atoms with Crippen LogP contribution in [0.2, 0.25) is 0 Å². The van der Waals surface area contributed by atoms with Crippen LogP contribution in [0.4, 0.5) is 4.79 Å². The fourth-order valence-corrected chi connectivity index (χ4v) is 3.96. The first-order valence-corrected chi connectivity index (χ1v) is 10.2. The summed E-state index contributed by atoms with van der Waals surface area (Å²) in [5.74, 6) is 0. The van der Waals surface area contributed by atoms with Gasteiger partial charge in [-0.1, -0.05) is 24.3 Å². The molecule has 0 saturated carbocycles. The van der Waals surface area contributed by atoms with E-state index in [2.05, 4.69) is 55.5 Å². The van der Waals surface area contributed by atoms with E-state index >= 15 is 0 Å². The second kappa shape index (κ2) is 7.21. The Labute approximate surface area is 174 Å². The van der Waals surface area contributed by atoms with Crippen LogP contribution in [-0.2, 0) is 21.4 Å². The molecule has 2 aromatic rings. The Kier molecular flexibility index (Phi) is 5.33. The monoisotopic (exact) mass is 398 g/mol. The standard InChI is InChI=1S/C24H34N2O3/c1-9-23(5,6)25-15-17(19-12-10-11-13-20(19)25)14-18-16-28-24(7,8)26(18)21(27)29-22(2,3)4/h9-13,15,18H,1,14,16H2,2-8H3/t18-/m0/s1. The zero-order valence-corrected chi connectivity index (χ0v) is 18.8. The minimum atomic E-state index is -0.703. The number of para-hydroxylation sites is 1. The highest BCUT2D eigenvalue weighted by Gasteiger charge is 2.45. The van der Waals surface area contributed by atoms with Crippen LogP contribution >= 0.6 is 0 Å². The third-order valence-corrected chi connectivity index (χ3v) is 5.53. The van der Waals surface area contributed by atoms with Crippen LogP contribution in [-0.4, -0.2) is 39.5 Å². The summed E-state index contributed by atoms with van der Waals surface area (Å²) in [6, 6.07) is 8.28. The molecule has 1 amide bonds. The van der Waals surface area contributed by atoms with Crippen LogP contribution in [0.1, 0.15) is 54.0 Å². The Balaban J connectivity index is 1.97. The molecule has 1 fully saturated rings. The Morgan fingerprint density at radius 3 is 2.55 bits per heavy atom. The number of ether oxygens (including phenoxy) is 2. The first kappa shape index (κ1) is 21.4. The van der Waals surface area contributed by atoms with Crippen LogP contribution in [0.25, 0.3) is 10.9 Å². The lowest BCUT2D eigenvalue weighted by Crippen LogP contribution is -2.50. The fraction of sp³-hybridized carbons (Fsp3) is 0.542. The van der Waals surface area contributed by atoms with Crippen LogP contribution < -0.4 is 0 Å². The topological polar surface area (TPSA) is 43.7 Å². The van der Waals surface area contributed by atoms with Crippen LogP contribution in [0.15, 0.2) is 43.1 Å². The van der Waals surface area contributed by atoms with Crippen LogP contribution in [0, 0.1) is 0 Å². The molecule has 5 heteroatoms. The summed E-state index contributed by atoms with van der Waals surface area (Å²) in [7, 11) is 0. The van der Waals surface area contributed by atoms with E-state index in [0.29, 0.717) is 13.0 Å². The van der Waals surface area contributed by atoms with Crippen molar-refractivity contribution < 1.29 is 14.3 Å². The number of carbonyl (C=O) groups excluding carboxylic acids is 1. The third-order valence-electron chi connectivity index (χ3n) is 5.53. The lowest BCUT2D eigenvalue weighted by Gasteiger charge is -2.35. The first-order chi connectivity index (χ1) is 13.4. The summed E-state index contributed by atoms with van der Waals surface area (Å²) in [5.41, 5.74) is 0.884. The number of amides is 1. The molecule has 3 rings (SSSR count). The Bertz CT molecular complexity index is 918. The van der Waals surface area contributed by atoms with Crippen molar-refractivity contribution in [1.82, 2.24) is 9.47 Å². The number of hydrogen-bond donors (Lipinski definition) is 0. The summed E-state index contributed by atoms with van der Waals surface area (Å²) in [5, 5.41) is 1.19. The average Bonchev–Trinajstić information content (AvgIpc) is 3.12. The molecule has 5 nitrogen and oxygen atoms in total. The molecule has 1 aromatic carbocycles. The molecule has 29 heavy (non-hydrogen) atoms. The molecular weight excluding hydrogens is 364 g/mol. The van der Waals surface area contributed by atoms with Crippen molar-refractivity contribution in [3.63, 3.8) is 0 Å². The highest BCUT2D eigenvalue weighted by Crippen LogP contribution is 2.34. The van der Waals surface area contributed by atoms with Gasteiger partial charge in [0.25, 0.3) is 0 Å². The molecule has 0 N–H and O–H groups in total. The Morgan fingerprint density at radius 2 is 1.93 bits per heavy atom. The van der Waals surface area contributed by atoms with Gasteiger partial charge < -0.3 is 14.0 Å². The smallest absolute Gasteiger partial charge is 0.412 e. The van der Waals surface area contributed by atoms with Gasteiger partial charge in [-0.15, -0.1) is 6.58 Å². The van der Waals surface area contributed by atoms with Gasteiger partial charge in [0.2, 0.25) is 0 Å². The highest BCUT2D eigenvalue weighted by molar-refractivity contribution is 5.84. The van der Waals surface area contributed by atoms with Crippen molar-refractivity contribution in [2.45, 2.75) is 77.8 Å². The van der Waals surface area contributed by atoms with E-state index in [1.54, 1.807) is 4.90 Å². The molecular formula is C24H34N2O3. The summed E-state index contributed by atoms with van der Waals surface area (Å²) in [4.78, 5) is 14.7. The van der Waals surface area contributed by atoms with Gasteiger partial charge in [-0.2, -0.15) is 0 Å². The number of carbonyl (C=O) groups is 1. The minimum Gasteiger partial charge on any atom is -0.444 e. The zero-order valence-electron chi connectivity index (χ0n) is 18.8. The van der Waals surface area contributed by atoms with Gasteiger partial charge in [0.15, 0.2) is 0 Å². The van der Waals surface area contributed by atoms with Crippen molar-refractivity contribution in [2.24, 2.45) is 0 Å². The van der Waals surface area contributed by atoms with E-state index in [4.69, 9.17) is 9.47 Å². The zero-order chi connectivity index (χ0) is 21.6. The van der Waals surface area contributed by atoms with Gasteiger partial charge in [0, 0.05) is 17.1 Å². The maximum Gasteiger partial charge on any atom is 0.412 e. The predicted molar refractivity (Wildman–Crippen MR) is 117 cm³/mol. The molecule has 1 aliphatic rings. The number of fused-ring (bicyclic) bond motifs is 1. The number of allylic oxidation sites excluding steroid dienone is 1. The lowest BCUT2D eigenvalue weighted by atomic mass is 10.0. The van der Waals surface area contributed by atoms with Gasteiger partial charge in [-0.05, 0) is 66.5 Å². The summed E-state index contributed by atoms with van der Waals surface area (Å²) in [6.45, 7) is 18.3. The molecule has 0 radical (unpaired) electrons. The quantitative estimate of drug-likeness (QED) is 0.641. The summed E-state index contributed by atoms with van der Waals surface area (Å²) >= 11 is 0. The molecule has 0 spiro atoms. The largest absolute Gasteiger partial charge is 0.444 e. The van der Waals surface area contributed by atoms with Crippen molar-refractivity contribution in [1.29, 1.82) is 0 Å². The van der Waals surface area contributed by atoms with E-state index < -0.39 is 11.3 Å². The van der Waals surface area contributed by atoms with Gasteiger partial charge in [-0.25, -0.2) is 4.79 Å². The number of hydrogen-bond acceptors (Lipinski definition) is 3. The number of benzene rings is 1. The van der Waals surface area contributed by atoms with Crippen molar-refractivity contribution in [3.8, 4) is 0 Å². The molecule has 1 atom stereocenters. The van der Waals surface area contributed by atoms with Gasteiger partial charge in [-0.3, -0.25) is 4.90 Å². The second-order valence-electron chi connectivity index (χ2n) is 9.87. The average molecular weight is 399 g/mol. The van der Waals surface area contributed by atoms with E-state index in [-0.39, 0.29) is 17.7 Å². The van der Waals surface area contributed by atoms with E-state index in [1.807, 2.05) is 40.7 Å². The van der Waals surface area contributed by atoms with E-state index in [1.165, 1.54) is 10.9 Å². The number of nitrogens with zero attached hydrogens (tertiary/aromatic N) is 2. The van der Waals surface area contributed by atoms with Gasteiger partial charge in [0.1, 0.15) is 11.3 Å². The molecule has 0 aliphatic carbocycles. The van der Waals surface area contributed by atoms with Crippen molar-refractivity contribution in [2.75, 3.05) is 6.61 Å². The Morgan fingerprint density at radius 1 is 1.28 bits per heavy atom. The van der Waals surface area contributed by atoms with E-state index in [9.17, 15) is 4.79 Å². The maximum absolute atomic E-state index is 13.0. The minimum absolute atomic E-state index is 0.0917. The fourth-order valence-electron chi connectivity index (χ4n) is 3.96. The molecule has 1 aliphatic heterocycles. The molecule has 158 valence electrons. The number of rotatable bonds is 4. The number of aromatic nitrogens is 1. The highest BCUT2D eigenvalue weighted by atomic mass is 16.6. The van der Waals surface area contributed by atoms with E-state index in [0.717, 1.165) is 5.52 Å². The first-order valence-electron chi connectivity index (χ1n) is 10.2. The van der Waals surface area contributed by atoms with Crippen LogP contribution in [0.5, 0.6) is 0 Å². The lowest BCUT2D eigenvalue weighted by molar-refractivity contribution is -0.0623. The molecule has 0 unspecified atom stereocenters. The predicted octanol–water partition coefficient (Wildman–Crippen LogP) is 5.48. The van der Waals surface area contributed by atoms with Gasteiger partial charge in [0.05, 0.1) is 18.2 Å². The maximum atomic E-state index is 13.0. The summed E-state index contributed by atoms with van der Waals surface area (Å²) in [6.07, 6.45) is 4.51. The molecule has 2 heterocycles. The third kappa shape index (κ3) is 4.20. The van der Waals surface area contributed by atoms with Crippen molar-refractivity contribution >= 4 is 17.0 Å². The van der Waals surface area contributed by atoms with Gasteiger partial charge >= 0.3 is 6.09 Å². The normalized spacial score (nSPS) is 19.6.